The molecule has 2 heterocycles. The number of hydrogen-bond donors (Lipinski definition) is 2. The lowest BCUT2D eigenvalue weighted by Crippen LogP contribution is -2.30. The topological polar surface area (TPSA) is 113 Å². The average Bonchev–Trinajstić information content (AvgIpc) is 3.52. The SMILES string of the molecule is O=C(O)c1ccc2c(c1)C(=O)N(c1cc(-c3nc4c(-c5cccc(F)c5)cccc4o3)ccc1NCCCF)C2=O. The number of imide groups is 1. The molecule has 0 saturated heterocycles. The van der Waals surface area contributed by atoms with Crippen molar-refractivity contribution in [1.82, 2.24) is 4.98 Å². The van der Waals surface area contributed by atoms with E-state index in [2.05, 4.69) is 10.3 Å². The summed E-state index contributed by atoms with van der Waals surface area (Å²) in [6.45, 7) is -0.309. The van der Waals surface area contributed by atoms with Gasteiger partial charge in [0.1, 0.15) is 11.3 Å². The Morgan fingerprint density at radius 2 is 1.71 bits per heavy atom. The number of oxazole rings is 1. The molecule has 5 aromatic rings. The normalized spacial score (nSPS) is 12.7. The minimum Gasteiger partial charge on any atom is -0.478 e. The molecule has 41 heavy (non-hydrogen) atoms. The molecule has 4 aromatic carbocycles. The van der Waals surface area contributed by atoms with Crippen molar-refractivity contribution in [3.05, 3.63) is 101 Å². The van der Waals surface area contributed by atoms with Crippen LogP contribution in [0.4, 0.5) is 20.2 Å². The van der Waals surface area contributed by atoms with Gasteiger partial charge in [-0.25, -0.2) is 19.1 Å². The van der Waals surface area contributed by atoms with Gasteiger partial charge in [0, 0.05) is 17.7 Å². The number of para-hydroxylation sites is 1. The van der Waals surface area contributed by atoms with Crippen molar-refractivity contribution in [3.8, 4) is 22.6 Å². The largest absolute Gasteiger partial charge is 0.478 e. The molecule has 0 aliphatic carbocycles. The number of carbonyl (C=O) groups is 3. The van der Waals surface area contributed by atoms with E-state index in [1.165, 1.54) is 30.3 Å². The lowest BCUT2D eigenvalue weighted by molar-refractivity contribution is 0.0696. The maximum Gasteiger partial charge on any atom is 0.335 e. The zero-order chi connectivity index (χ0) is 28.7. The summed E-state index contributed by atoms with van der Waals surface area (Å²) >= 11 is 0. The summed E-state index contributed by atoms with van der Waals surface area (Å²) in [7, 11) is 0. The van der Waals surface area contributed by atoms with E-state index in [1.807, 2.05) is 0 Å². The van der Waals surface area contributed by atoms with Crippen LogP contribution < -0.4 is 10.2 Å². The minimum absolute atomic E-state index is 0.0309. The third-order valence-corrected chi connectivity index (χ3v) is 6.80. The third-order valence-electron chi connectivity index (χ3n) is 6.80. The number of carboxylic acid groups (broad SMARTS) is 1. The molecule has 2 amide bonds. The molecule has 0 radical (unpaired) electrons. The number of carbonyl (C=O) groups excluding carboxylic acids is 2. The highest BCUT2D eigenvalue weighted by molar-refractivity contribution is 6.35. The van der Waals surface area contributed by atoms with E-state index in [0.29, 0.717) is 33.5 Å². The average molecular weight is 554 g/mol. The molecule has 2 N–H and O–H groups in total. The predicted molar refractivity (Wildman–Crippen MR) is 148 cm³/mol. The van der Waals surface area contributed by atoms with Crippen LogP contribution in [0.3, 0.4) is 0 Å². The van der Waals surface area contributed by atoms with E-state index >= 15 is 0 Å². The molecule has 1 aliphatic heterocycles. The van der Waals surface area contributed by atoms with Gasteiger partial charge < -0.3 is 14.8 Å². The van der Waals surface area contributed by atoms with Crippen molar-refractivity contribution in [2.75, 3.05) is 23.4 Å². The molecule has 8 nitrogen and oxygen atoms in total. The van der Waals surface area contributed by atoms with Crippen LogP contribution in [0, 0.1) is 5.82 Å². The van der Waals surface area contributed by atoms with Crippen molar-refractivity contribution in [2.45, 2.75) is 6.42 Å². The fourth-order valence-electron chi connectivity index (χ4n) is 4.84. The smallest absolute Gasteiger partial charge is 0.335 e. The number of nitrogens with one attached hydrogen (secondary N) is 1. The molecule has 0 saturated carbocycles. The van der Waals surface area contributed by atoms with Gasteiger partial charge in [0.25, 0.3) is 11.8 Å². The molecule has 1 aromatic heterocycles. The van der Waals surface area contributed by atoms with Crippen molar-refractivity contribution < 1.29 is 32.7 Å². The van der Waals surface area contributed by atoms with Gasteiger partial charge in [-0.15, -0.1) is 0 Å². The monoisotopic (exact) mass is 553 g/mol. The van der Waals surface area contributed by atoms with Crippen LogP contribution in [0.5, 0.6) is 0 Å². The summed E-state index contributed by atoms with van der Waals surface area (Å²) in [5, 5.41) is 12.4. The first kappa shape index (κ1) is 25.9. The van der Waals surface area contributed by atoms with E-state index < -0.39 is 24.5 Å². The molecule has 0 bridgehead atoms. The van der Waals surface area contributed by atoms with Crippen LogP contribution in [-0.4, -0.2) is 41.1 Å². The van der Waals surface area contributed by atoms with Crippen LogP contribution in [0.2, 0.25) is 0 Å². The second-order valence-corrected chi connectivity index (χ2v) is 9.39. The van der Waals surface area contributed by atoms with Crippen LogP contribution in [0.25, 0.3) is 33.7 Å². The number of aromatic nitrogens is 1. The number of benzene rings is 4. The maximum atomic E-state index is 13.9. The number of carboxylic acids is 1. The van der Waals surface area contributed by atoms with Crippen LogP contribution >= 0.6 is 0 Å². The van der Waals surface area contributed by atoms with Gasteiger partial charge >= 0.3 is 5.97 Å². The van der Waals surface area contributed by atoms with Gasteiger partial charge in [-0.2, -0.15) is 0 Å². The molecule has 0 spiro atoms. The molecule has 10 heteroatoms. The molecular weight excluding hydrogens is 532 g/mol. The summed E-state index contributed by atoms with van der Waals surface area (Å²) < 4.78 is 32.8. The second-order valence-electron chi connectivity index (χ2n) is 9.39. The van der Waals surface area contributed by atoms with Crippen molar-refractivity contribution >= 4 is 40.3 Å². The van der Waals surface area contributed by atoms with Crippen LogP contribution in [0.1, 0.15) is 37.5 Å². The van der Waals surface area contributed by atoms with E-state index in [0.717, 1.165) is 4.90 Å². The molecule has 204 valence electrons. The Morgan fingerprint density at radius 3 is 2.49 bits per heavy atom. The highest BCUT2D eigenvalue weighted by atomic mass is 19.1. The standard InChI is InChI=1S/C31H21F2N3O5/c32-12-3-13-34-24-11-9-18(16-25(24)36-29(37)22-10-8-19(31(39)40)15-23(22)30(36)38)28-35-27-21(6-2-7-26(27)41-28)17-4-1-5-20(33)14-17/h1-2,4-11,14-16,34H,3,12-13H2,(H,39,40). The van der Waals surface area contributed by atoms with E-state index in [9.17, 15) is 28.3 Å². The molecule has 0 fully saturated rings. The van der Waals surface area contributed by atoms with Gasteiger partial charge in [0.05, 0.1) is 34.7 Å². The first-order valence-electron chi connectivity index (χ1n) is 12.7. The van der Waals surface area contributed by atoms with Gasteiger partial charge in [-0.3, -0.25) is 14.0 Å². The number of amides is 2. The summed E-state index contributed by atoms with van der Waals surface area (Å²) in [6, 6.07) is 20.1. The summed E-state index contributed by atoms with van der Waals surface area (Å²) in [6.07, 6.45) is 0.208. The third kappa shape index (κ3) is 4.59. The Hall–Kier alpha value is -5.38. The molecule has 0 atom stereocenters. The Kier molecular flexibility index (Phi) is 6.50. The highest BCUT2D eigenvalue weighted by Crippen LogP contribution is 2.38. The maximum absolute atomic E-state index is 13.9. The van der Waals surface area contributed by atoms with E-state index in [-0.39, 0.29) is 47.1 Å². The lowest BCUT2D eigenvalue weighted by Gasteiger charge is -2.20. The first-order valence-corrected chi connectivity index (χ1v) is 12.7. The van der Waals surface area contributed by atoms with Gasteiger partial charge in [0.2, 0.25) is 5.89 Å². The molecule has 0 unspecified atom stereocenters. The fraction of sp³-hybridized carbons (Fsp3) is 0.0968. The number of anilines is 2. The van der Waals surface area contributed by atoms with Crippen LogP contribution in [0.15, 0.2) is 83.3 Å². The van der Waals surface area contributed by atoms with Crippen LogP contribution in [-0.2, 0) is 0 Å². The quantitative estimate of drug-likeness (QED) is 0.165. The molecule has 6 rings (SSSR count). The Morgan fingerprint density at radius 1 is 0.902 bits per heavy atom. The van der Waals surface area contributed by atoms with E-state index in [1.54, 1.807) is 48.5 Å². The zero-order valence-corrected chi connectivity index (χ0v) is 21.4. The highest BCUT2D eigenvalue weighted by Gasteiger charge is 2.38. The van der Waals surface area contributed by atoms with Crippen molar-refractivity contribution in [3.63, 3.8) is 0 Å². The number of nitrogens with zero attached hydrogens (tertiary/aromatic N) is 2. The number of hydrogen-bond acceptors (Lipinski definition) is 6. The predicted octanol–water partition coefficient (Wildman–Crippen LogP) is 6.57. The number of alkyl halides is 1. The van der Waals surface area contributed by atoms with Crippen molar-refractivity contribution in [1.29, 1.82) is 0 Å². The zero-order valence-electron chi connectivity index (χ0n) is 21.4. The Balaban J connectivity index is 1.45. The van der Waals surface area contributed by atoms with Gasteiger partial charge in [-0.05, 0) is 66.6 Å². The van der Waals surface area contributed by atoms with E-state index in [4.69, 9.17) is 4.42 Å². The van der Waals surface area contributed by atoms with Crippen molar-refractivity contribution in [2.24, 2.45) is 0 Å². The summed E-state index contributed by atoms with van der Waals surface area (Å²) in [5.41, 5.74) is 3.17. The fourth-order valence-corrected chi connectivity index (χ4v) is 4.84. The number of rotatable bonds is 8. The first-order chi connectivity index (χ1) is 19.9. The Bertz CT molecular complexity index is 1870. The van der Waals surface area contributed by atoms with Gasteiger partial charge in [0.15, 0.2) is 5.58 Å². The Labute approximate surface area is 231 Å². The number of aromatic carboxylic acids is 1. The minimum atomic E-state index is -1.23. The summed E-state index contributed by atoms with van der Waals surface area (Å²) in [4.78, 5) is 43.9. The number of halogens is 2. The number of fused-ring (bicyclic) bond motifs is 2. The summed E-state index contributed by atoms with van der Waals surface area (Å²) in [5.74, 6) is -2.73. The second kappa shape index (κ2) is 10.3. The lowest BCUT2D eigenvalue weighted by atomic mass is 10.0. The molecule has 1 aliphatic rings. The molecular formula is C31H21F2N3O5. The van der Waals surface area contributed by atoms with Gasteiger partial charge in [-0.1, -0.05) is 24.3 Å².